The van der Waals surface area contributed by atoms with Gasteiger partial charge in [0.25, 0.3) is 0 Å². The molecule has 0 radical (unpaired) electrons. The summed E-state index contributed by atoms with van der Waals surface area (Å²) in [6, 6.07) is 15.8. The number of rotatable bonds is 7. The number of ether oxygens (including phenoxy) is 1. The van der Waals surface area contributed by atoms with E-state index < -0.39 is 0 Å². The van der Waals surface area contributed by atoms with Crippen molar-refractivity contribution in [3.05, 3.63) is 53.6 Å². The number of halogens is 1. The van der Waals surface area contributed by atoms with Crippen molar-refractivity contribution in [2.75, 3.05) is 18.6 Å². The number of nitrogens with zero attached hydrogens (tertiary/aromatic N) is 3. The standard InChI is InChI=1S/C18H18ClN3OS2/c1-22-17(13-3-7-15(23-2)8-4-13)20-21-18(22)25-12-11-24-16-9-5-14(19)6-10-16/h3-10H,11-12H2,1-2H3. The van der Waals surface area contributed by atoms with Crippen molar-refractivity contribution in [2.45, 2.75) is 10.1 Å². The Balaban J connectivity index is 1.56. The van der Waals surface area contributed by atoms with Crippen LogP contribution in [0.2, 0.25) is 5.02 Å². The maximum atomic E-state index is 5.90. The van der Waals surface area contributed by atoms with Crippen LogP contribution in [0.4, 0.5) is 0 Å². The number of thioether (sulfide) groups is 2. The fourth-order valence-corrected chi connectivity index (χ4v) is 4.17. The Morgan fingerprint density at radius 3 is 2.32 bits per heavy atom. The molecule has 4 nitrogen and oxygen atoms in total. The van der Waals surface area contributed by atoms with Gasteiger partial charge in [0.1, 0.15) is 5.75 Å². The highest BCUT2D eigenvalue weighted by Crippen LogP contribution is 2.26. The van der Waals surface area contributed by atoms with Crippen molar-refractivity contribution in [3.8, 4) is 17.1 Å². The Morgan fingerprint density at radius 1 is 0.960 bits per heavy atom. The second-order valence-corrected chi connectivity index (χ2v) is 7.91. The lowest BCUT2D eigenvalue weighted by molar-refractivity contribution is 0.415. The quantitative estimate of drug-likeness (QED) is 0.417. The summed E-state index contributed by atoms with van der Waals surface area (Å²) in [5.41, 5.74) is 1.03. The predicted molar refractivity (Wildman–Crippen MR) is 106 cm³/mol. The van der Waals surface area contributed by atoms with Gasteiger partial charge in [-0.15, -0.1) is 22.0 Å². The largest absolute Gasteiger partial charge is 0.497 e. The van der Waals surface area contributed by atoms with E-state index in [4.69, 9.17) is 16.3 Å². The first kappa shape index (κ1) is 18.2. The molecule has 0 unspecified atom stereocenters. The van der Waals surface area contributed by atoms with Crippen molar-refractivity contribution in [1.82, 2.24) is 14.8 Å². The molecule has 0 saturated carbocycles. The molecule has 3 rings (SSSR count). The summed E-state index contributed by atoms with van der Waals surface area (Å²) >= 11 is 9.42. The molecular formula is C18H18ClN3OS2. The molecular weight excluding hydrogens is 374 g/mol. The molecule has 0 aliphatic rings. The first-order valence-corrected chi connectivity index (χ1v) is 10.1. The molecule has 1 heterocycles. The van der Waals surface area contributed by atoms with Crippen LogP contribution >= 0.6 is 35.1 Å². The van der Waals surface area contributed by atoms with Gasteiger partial charge in [-0.1, -0.05) is 23.4 Å². The Hall–Kier alpha value is -1.63. The lowest BCUT2D eigenvalue weighted by atomic mass is 10.2. The van der Waals surface area contributed by atoms with E-state index in [0.29, 0.717) is 0 Å². The van der Waals surface area contributed by atoms with Crippen LogP contribution in [0.1, 0.15) is 0 Å². The molecule has 0 aliphatic carbocycles. The molecule has 0 saturated heterocycles. The third kappa shape index (κ3) is 4.71. The maximum absolute atomic E-state index is 5.90. The topological polar surface area (TPSA) is 39.9 Å². The zero-order valence-electron chi connectivity index (χ0n) is 14.0. The molecule has 1 aromatic heterocycles. The Morgan fingerprint density at radius 2 is 1.64 bits per heavy atom. The highest BCUT2D eigenvalue weighted by molar-refractivity contribution is 8.02. The smallest absolute Gasteiger partial charge is 0.191 e. The SMILES string of the molecule is COc1ccc(-c2nnc(SCCSc3ccc(Cl)cc3)n2C)cc1. The second kappa shape index (κ2) is 8.65. The minimum absolute atomic E-state index is 0.767. The van der Waals surface area contributed by atoms with Gasteiger partial charge in [-0.3, -0.25) is 0 Å². The van der Waals surface area contributed by atoms with Crippen LogP contribution in [0.25, 0.3) is 11.4 Å². The molecule has 0 fully saturated rings. The van der Waals surface area contributed by atoms with Crippen molar-refractivity contribution in [3.63, 3.8) is 0 Å². The molecule has 0 N–H and O–H groups in total. The fraction of sp³-hybridized carbons (Fsp3) is 0.222. The van der Waals surface area contributed by atoms with Gasteiger partial charge in [0.15, 0.2) is 11.0 Å². The highest BCUT2D eigenvalue weighted by atomic mass is 35.5. The molecule has 0 spiro atoms. The third-order valence-electron chi connectivity index (χ3n) is 3.58. The van der Waals surface area contributed by atoms with Crippen LogP contribution in [-0.4, -0.2) is 33.4 Å². The number of hydrogen-bond acceptors (Lipinski definition) is 5. The van der Waals surface area contributed by atoms with E-state index in [9.17, 15) is 0 Å². The minimum Gasteiger partial charge on any atom is -0.497 e. The lowest BCUT2D eigenvalue weighted by Gasteiger charge is -2.05. The van der Waals surface area contributed by atoms with Gasteiger partial charge in [-0.25, -0.2) is 0 Å². The predicted octanol–water partition coefficient (Wildman–Crippen LogP) is 5.03. The van der Waals surface area contributed by atoms with Crippen molar-refractivity contribution >= 4 is 35.1 Å². The van der Waals surface area contributed by atoms with Gasteiger partial charge in [-0.05, 0) is 48.5 Å². The van der Waals surface area contributed by atoms with Crippen LogP contribution in [0.15, 0.2) is 58.6 Å². The van der Waals surface area contributed by atoms with Crippen LogP contribution in [0, 0.1) is 0 Å². The summed E-state index contributed by atoms with van der Waals surface area (Å²) < 4.78 is 7.22. The average Bonchev–Trinajstić information content (AvgIpc) is 3.01. The molecule has 25 heavy (non-hydrogen) atoms. The van der Waals surface area contributed by atoms with Crippen molar-refractivity contribution in [1.29, 1.82) is 0 Å². The Bertz CT molecular complexity index is 819. The van der Waals surface area contributed by atoms with E-state index in [1.165, 1.54) is 4.90 Å². The van der Waals surface area contributed by atoms with Crippen LogP contribution in [0.5, 0.6) is 5.75 Å². The molecule has 2 aromatic carbocycles. The maximum Gasteiger partial charge on any atom is 0.191 e. The second-order valence-electron chi connectivity index (χ2n) is 5.24. The van der Waals surface area contributed by atoms with Gasteiger partial charge in [-0.2, -0.15) is 0 Å². The van der Waals surface area contributed by atoms with E-state index in [2.05, 4.69) is 10.2 Å². The average molecular weight is 392 g/mol. The van der Waals surface area contributed by atoms with E-state index in [-0.39, 0.29) is 0 Å². The van der Waals surface area contributed by atoms with Crippen LogP contribution in [-0.2, 0) is 7.05 Å². The Labute approximate surface area is 160 Å². The summed E-state index contributed by atoms with van der Waals surface area (Å²) in [6.07, 6.45) is 0. The molecule has 7 heteroatoms. The lowest BCUT2D eigenvalue weighted by Crippen LogP contribution is -1.96. The molecule has 0 aliphatic heterocycles. The summed E-state index contributed by atoms with van der Waals surface area (Å²) in [5.74, 6) is 3.65. The number of benzene rings is 2. The van der Waals surface area contributed by atoms with Crippen LogP contribution < -0.4 is 4.74 Å². The first-order chi connectivity index (χ1) is 12.2. The third-order valence-corrected chi connectivity index (χ3v) is 6.13. The van der Waals surface area contributed by atoms with Gasteiger partial charge in [0, 0.05) is 34.0 Å². The summed E-state index contributed by atoms with van der Waals surface area (Å²) in [5, 5.41) is 10.3. The van der Waals surface area contributed by atoms with Gasteiger partial charge in [0.2, 0.25) is 0 Å². The number of hydrogen-bond donors (Lipinski definition) is 0. The molecule has 0 atom stereocenters. The van der Waals surface area contributed by atoms with E-state index in [1.807, 2.05) is 71.9 Å². The Kier molecular flexibility index (Phi) is 6.29. The summed E-state index contributed by atoms with van der Waals surface area (Å²) in [6.45, 7) is 0. The van der Waals surface area contributed by atoms with E-state index in [1.54, 1.807) is 18.9 Å². The van der Waals surface area contributed by atoms with E-state index >= 15 is 0 Å². The molecule has 0 amide bonds. The summed E-state index contributed by atoms with van der Waals surface area (Å²) in [4.78, 5) is 1.22. The minimum atomic E-state index is 0.767. The zero-order valence-corrected chi connectivity index (χ0v) is 16.4. The molecule has 0 bridgehead atoms. The van der Waals surface area contributed by atoms with E-state index in [0.717, 1.165) is 38.8 Å². The summed E-state index contributed by atoms with van der Waals surface area (Å²) in [7, 11) is 3.66. The molecule has 3 aromatic rings. The van der Waals surface area contributed by atoms with Crippen LogP contribution in [0.3, 0.4) is 0 Å². The highest BCUT2D eigenvalue weighted by Gasteiger charge is 2.11. The zero-order chi connectivity index (χ0) is 17.6. The van der Waals surface area contributed by atoms with Gasteiger partial charge >= 0.3 is 0 Å². The van der Waals surface area contributed by atoms with Crippen molar-refractivity contribution in [2.24, 2.45) is 7.05 Å². The van der Waals surface area contributed by atoms with Gasteiger partial charge < -0.3 is 9.30 Å². The number of methoxy groups -OCH3 is 1. The number of aromatic nitrogens is 3. The monoisotopic (exact) mass is 391 g/mol. The fourth-order valence-electron chi connectivity index (χ4n) is 2.26. The first-order valence-electron chi connectivity index (χ1n) is 7.72. The van der Waals surface area contributed by atoms with Gasteiger partial charge in [0.05, 0.1) is 7.11 Å². The molecule has 130 valence electrons. The normalized spacial score (nSPS) is 10.8. The van der Waals surface area contributed by atoms with Crippen molar-refractivity contribution < 1.29 is 4.74 Å².